The summed E-state index contributed by atoms with van der Waals surface area (Å²) in [7, 11) is 1.66. The SMILES string of the molecule is CCNCCc1ncc(-c2sccc2OC)o1. The van der Waals surface area contributed by atoms with E-state index >= 15 is 0 Å². The standard InChI is InChI=1S/C12H16N2O2S/c1-3-13-6-4-11-14-8-10(16-11)12-9(15-2)5-7-17-12/h5,7-8,13H,3-4,6H2,1-2H3. The molecule has 17 heavy (non-hydrogen) atoms. The normalized spacial score (nSPS) is 10.7. The molecule has 0 unspecified atom stereocenters. The first-order chi connectivity index (χ1) is 8.35. The Labute approximate surface area is 105 Å². The monoisotopic (exact) mass is 252 g/mol. The Morgan fingerprint density at radius 3 is 3.18 bits per heavy atom. The molecule has 5 heteroatoms. The molecule has 0 bridgehead atoms. The molecule has 0 aliphatic carbocycles. The number of thiophene rings is 1. The van der Waals surface area contributed by atoms with Crippen LogP contribution in [-0.2, 0) is 6.42 Å². The van der Waals surface area contributed by atoms with Crippen molar-refractivity contribution in [1.82, 2.24) is 10.3 Å². The highest BCUT2D eigenvalue weighted by Gasteiger charge is 2.12. The minimum absolute atomic E-state index is 0.761. The van der Waals surface area contributed by atoms with Gasteiger partial charge in [0.05, 0.1) is 13.3 Å². The first kappa shape index (κ1) is 12.1. The van der Waals surface area contributed by atoms with E-state index in [0.717, 1.165) is 41.8 Å². The van der Waals surface area contributed by atoms with E-state index in [0.29, 0.717) is 0 Å². The zero-order chi connectivity index (χ0) is 12.1. The van der Waals surface area contributed by atoms with Crippen molar-refractivity contribution in [2.45, 2.75) is 13.3 Å². The third-order valence-electron chi connectivity index (χ3n) is 2.39. The van der Waals surface area contributed by atoms with Gasteiger partial charge >= 0.3 is 0 Å². The second kappa shape index (κ2) is 5.84. The van der Waals surface area contributed by atoms with Crippen LogP contribution < -0.4 is 10.1 Å². The molecule has 0 saturated carbocycles. The third kappa shape index (κ3) is 2.87. The van der Waals surface area contributed by atoms with Crippen LogP contribution in [-0.4, -0.2) is 25.2 Å². The third-order valence-corrected chi connectivity index (χ3v) is 3.30. The predicted octanol–water partition coefficient (Wildman–Crippen LogP) is 2.56. The number of ether oxygens (including phenoxy) is 1. The Hall–Kier alpha value is -1.33. The number of methoxy groups -OCH3 is 1. The van der Waals surface area contributed by atoms with Crippen LogP contribution in [0.3, 0.4) is 0 Å². The van der Waals surface area contributed by atoms with E-state index in [1.54, 1.807) is 24.6 Å². The van der Waals surface area contributed by atoms with Crippen LogP contribution in [0.5, 0.6) is 5.75 Å². The molecule has 0 saturated heterocycles. The summed E-state index contributed by atoms with van der Waals surface area (Å²) in [6.45, 7) is 3.93. The molecule has 0 aromatic carbocycles. The molecule has 0 fully saturated rings. The number of nitrogens with zero attached hydrogens (tertiary/aromatic N) is 1. The van der Waals surface area contributed by atoms with Crippen LogP contribution in [0.25, 0.3) is 10.6 Å². The van der Waals surface area contributed by atoms with Crippen molar-refractivity contribution in [2.75, 3.05) is 20.2 Å². The van der Waals surface area contributed by atoms with Gasteiger partial charge in [0, 0.05) is 13.0 Å². The Morgan fingerprint density at radius 1 is 1.53 bits per heavy atom. The molecule has 0 spiro atoms. The highest BCUT2D eigenvalue weighted by molar-refractivity contribution is 7.13. The maximum atomic E-state index is 5.70. The average Bonchev–Trinajstić information content (AvgIpc) is 2.96. The lowest BCUT2D eigenvalue weighted by Crippen LogP contribution is -2.16. The lowest BCUT2D eigenvalue weighted by atomic mass is 10.4. The van der Waals surface area contributed by atoms with Crippen molar-refractivity contribution in [3.63, 3.8) is 0 Å². The number of aromatic nitrogens is 1. The van der Waals surface area contributed by atoms with Crippen LogP contribution in [0.4, 0.5) is 0 Å². The summed E-state index contributed by atoms with van der Waals surface area (Å²) in [6, 6.07) is 1.93. The molecule has 92 valence electrons. The highest BCUT2D eigenvalue weighted by atomic mass is 32.1. The van der Waals surface area contributed by atoms with Crippen molar-refractivity contribution >= 4 is 11.3 Å². The van der Waals surface area contributed by atoms with Crippen LogP contribution in [0, 0.1) is 0 Å². The van der Waals surface area contributed by atoms with Gasteiger partial charge in [-0.15, -0.1) is 11.3 Å². The molecule has 1 N–H and O–H groups in total. The quantitative estimate of drug-likeness (QED) is 0.803. The Bertz CT molecular complexity index is 465. The van der Waals surface area contributed by atoms with E-state index in [1.807, 2.05) is 11.4 Å². The number of nitrogens with one attached hydrogen (secondary N) is 1. The topological polar surface area (TPSA) is 47.3 Å². The predicted molar refractivity (Wildman–Crippen MR) is 68.6 cm³/mol. The minimum Gasteiger partial charge on any atom is -0.495 e. The molecule has 2 aromatic heterocycles. The lowest BCUT2D eigenvalue weighted by Gasteiger charge is -1.98. The van der Waals surface area contributed by atoms with Crippen LogP contribution in [0.2, 0.25) is 0 Å². The average molecular weight is 252 g/mol. The molecule has 0 aliphatic heterocycles. The molecule has 4 nitrogen and oxygen atoms in total. The maximum Gasteiger partial charge on any atom is 0.196 e. The fraction of sp³-hybridized carbons (Fsp3) is 0.417. The van der Waals surface area contributed by atoms with Crippen molar-refractivity contribution in [3.8, 4) is 16.4 Å². The van der Waals surface area contributed by atoms with E-state index in [9.17, 15) is 0 Å². The van der Waals surface area contributed by atoms with Crippen LogP contribution in [0.1, 0.15) is 12.8 Å². The summed E-state index contributed by atoms with van der Waals surface area (Å²) in [5.41, 5.74) is 0. The highest BCUT2D eigenvalue weighted by Crippen LogP contribution is 2.35. The Morgan fingerprint density at radius 2 is 2.41 bits per heavy atom. The first-order valence-electron chi connectivity index (χ1n) is 5.62. The number of hydrogen-bond acceptors (Lipinski definition) is 5. The number of rotatable bonds is 6. The summed E-state index contributed by atoms with van der Waals surface area (Å²) < 4.78 is 11.0. The summed E-state index contributed by atoms with van der Waals surface area (Å²) in [5, 5.41) is 5.22. The van der Waals surface area contributed by atoms with Gasteiger partial charge in [0.15, 0.2) is 11.7 Å². The van der Waals surface area contributed by atoms with Gasteiger partial charge in [-0.3, -0.25) is 0 Å². The van der Waals surface area contributed by atoms with Gasteiger partial charge in [0.2, 0.25) is 0 Å². The van der Waals surface area contributed by atoms with E-state index in [4.69, 9.17) is 9.15 Å². The summed E-state index contributed by atoms with van der Waals surface area (Å²) in [4.78, 5) is 5.26. The van der Waals surface area contributed by atoms with Crippen molar-refractivity contribution in [1.29, 1.82) is 0 Å². The van der Waals surface area contributed by atoms with Gasteiger partial charge in [-0.2, -0.15) is 0 Å². The van der Waals surface area contributed by atoms with Crippen molar-refractivity contribution < 1.29 is 9.15 Å². The minimum atomic E-state index is 0.761. The summed E-state index contributed by atoms with van der Waals surface area (Å²) in [6.07, 6.45) is 2.57. The fourth-order valence-corrected chi connectivity index (χ4v) is 2.35. The summed E-state index contributed by atoms with van der Waals surface area (Å²) >= 11 is 1.59. The molecule has 0 aliphatic rings. The van der Waals surface area contributed by atoms with Crippen molar-refractivity contribution in [3.05, 3.63) is 23.5 Å². The van der Waals surface area contributed by atoms with Gasteiger partial charge in [-0.1, -0.05) is 6.92 Å². The molecule has 2 rings (SSSR count). The van der Waals surface area contributed by atoms with Crippen LogP contribution >= 0.6 is 11.3 Å². The number of oxazole rings is 1. The largest absolute Gasteiger partial charge is 0.495 e. The molecule has 2 aromatic rings. The van der Waals surface area contributed by atoms with E-state index in [2.05, 4.69) is 17.2 Å². The molecule has 0 radical (unpaired) electrons. The van der Waals surface area contributed by atoms with E-state index < -0.39 is 0 Å². The van der Waals surface area contributed by atoms with Crippen LogP contribution in [0.15, 0.2) is 22.1 Å². The van der Waals surface area contributed by atoms with Crippen molar-refractivity contribution in [2.24, 2.45) is 0 Å². The van der Waals surface area contributed by atoms with E-state index in [-0.39, 0.29) is 0 Å². The van der Waals surface area contributed by atoms with Gasteiger partial charge in [-0.25, -0.2) is 4.98 Å². The zero-order valence-electron chi connectivity index (χ0n) is 10.0. The fourth-order valence-electron chi connectivity index (χ4n) is 1.54. The molecule has 0 amide bonds. The number of hydrogen-bond donors (Lipinski definition) is 1. The molecular weight excluding hydrogens is 236 g/mol. The Balaban J connectivity index is 2.07. The van der Waals surface area contributed by atoms with Gasteiger partial charge < -0.3 is 14.5 Å². The summed E-state index contributed by atoms with van der Waals surface area (Å²) in [5.74, 6) is 2.38. The smallest absolute Gasteiger partial charge is 0.196 e. The first-order valence-corrected chi connectivity index (χ1v) is 6.50. The maximum absolute atomic E-state index is 5.70. The van der Waals surface area contributed by atoms with Gasteiger partial charge in [0.25, 0.3) is 0 Å². The lowest BCUT2D eigenvalue weighted by molar-refractivity contribution is 0.415. The second-order valence-electron chi connectivity index (χ2n) is 3.54. The number of likely N-dealkylation sites (N-methyl/N-ethyl adjacent to an activating group) is 1. The molecular formula is C12H16N2O2S. The second-order valence-corrected chi connectivity index (χ2v) is 4.46. The molecule has 2 heterocycles. The van der Waals surface area contributed by atoms with Gasteiger partial charge in [-0.05, 0) is 18.0 Å². The Kier molecular flexibility index (Phi) is 4.17. The molecule has 0 atom stereocenters. The van der Waals surface area contributed by atoms with Gasteiger partial charge in [0.1, 0.15) is 10.6 Å². The zero-order valence-corrected chi connectivity index (χ0v) is 10.8. The van der Waals surface area contributed by atoms with E-state index in [1.165, 1.54) is 0 Å².